The van der Waals surface area contributed by atoms with E-state index >= 15 is 0 Å². The standard InChI is InChI=1S/C28H24F4N2O5/c29-18-6-4-16(21(31)10-18)8-15-9-20(25(36)12-26(37)27(38)33-23-2-1-3-24(23)35)28(39)34(13-15)14-17-5-7-19(30)11-22(17)32/h4-7,9-11,13,23-24,35H,1-3,8,12,14H2,(H,33,38)/t23-,24-/m1/s1. The second-order valence-electron chi connectivity index (χ2n) is 9.44. The van der Waals surface area contributed by atoms with Crippen LogP contribution in [0.4, 0.5) is 17.6 Å². The van der Waals surface area contributed by atoms with Gasteiger partial charge in [-0.15, -0.1) is 0 Å². The van der Waals surface area contributed by atoms with E-state index in [4.69, 9.17) is 0 Å². The number of aliphatic hydroxyl groups excluding tert-OH is 1. The van der Waals surface area contributed by atoms with Gasteiger partial charge in [0.15, 0.2) is 5.78 Å². The highest BCUT2D eigenvalue weighted by Crippen LogP contribution is 2.19. The van der Waals surface area contributed by atoms with E-state index in [9.17, 15) is 41.8 Å². The molecule has 0 saturated heterocycles. The van der Waals surface area contributed by atoms with Crippen LogP contribution >= 0.6 is 0 Å². The van der Waals surface area contributed by atoms with Crippen molar-refractivity contribution in [3.05, 3.63) is 105 Å². The molecule has 1 saturated carbocycles. The summed E-state index contributed by atoms with van der Waals surface area (Å²) in [7, 11) is 0. The Bertz CT molecular complexity index is 1500. The summed E-state index contributed by atoms with van der Waals surface area (Å²) in [6.07, 6.45) is 0.903. The van der Waals surface area contributed by atoms with Crippen LogP contribution in [0.2, 0.25) is 0 Å². The Morgan fingerprint density at radius 2 is 1.56 bits per heavy atom. The lowest BCUT2D eigenvalue weighted by Gasteiger charge is -2.15. The van der Waals surface area contributed by atoms with Gasteiger partial charge < -0.3 is 15.0 Å². The molecule has 1 aliphatic carbocycles. The van der Waals surface area contributed by atoms with Gasteiger partial charge in [0, 0.05) is 30.3 Å². The fourth-order valence-electron chi connectivity index (χ4n) is 4.51. The first-order valence-electron chi connectivity index (χ1n) is 12.2. The van der Waals surface area contributed by atoms with Crippen molar-refractivity contribution in [1.82, 2.24) is 9.88 Å². The minimum Gasteiger partial charge on any atom is -0.391 e. The third-order valence-electron chi connectivity index (χ3n) is 6.58. The third kappa shape index (κ3) is 6.66. The van der Waals surface area contributed by atoms with E-state index in [1.807, 2.05) is 0 Å². The summed E-state index contributed by atoms with van der Waals surface area (Å²) in [5.74, 6) is -6.64. The highest BCUT2D eigenvalue weighted by Gasteiger charge is 2.30. The first-order valence-corrected chi connectivity index (χ1v) is 12.2. The second-order valence-corrected chi connectivity index (χ2v) is 9.44. The van der Waals surface area contributed by atoms with Crippen molar-refractivity contribution in [2.75, 3.05) is 0 Å². The Kier molecular flexibility index (Phi) is 8.39. The number of Topliss-reactive ketones (excluding diaryl/α,β-unsaturated/α-hetero) is 2. The van der Waals surface area contributed by atoms with Crippen LogP contribution in [0.1, 0.15) is 52.7 Å². The van der Waals surface area contributed by atoms with Crippen LogP contribution in [0.25, 0.3) is 0 Å². The minimum atomic E-state index is -1.12. The van der Waals surface area contributed by atoms with Gasteiger partial charge in [-0.3, -0.25) is 19.2 Å². The number of rotatable bonds is 9. The molecule has 3 aromatic rings. The number of pyridine rings is 1. The average molecular weight is 545 g/mol. The molecule has 0 radical (unpaired) electrons. The quantitative estimate of drug-likeness (QED) is 0.186. The number of hydrogen-bond donors (Lipinski definition) is 2. The zero-order valence-corrected chi connectivity index (χ0v) is 20.6. The molecule has 1 fully saturated rings. The number of ketones is 2. The minimum absolute atomic E-state index is 0.0403. The number of benzene rings is 2. The Hall–Kier alpha value is -4.12. The first-order chi connectivity index (χ1) is 18.5. The zero-order chi connectivity index (χ0) is 28.3. The van der Waals surface area contributed by atoms with E-state index in [2.05, 4.69) is 5.32 Å². The fourth-order valence-corrected chi connectivity index (χ4v) is 4.51. The Balaban J connectivity index is 1.64. The SMILES string of the molecule is O=C(CC(=O)c1cc(Cc2ccc(F)cc2F)cn(Cc2ccc(F)cc2F)c1=O)C(=O)N[C@@H]1CCC[C@H]1O. The number of aliphatic hydroxyl groups is 1. The molecule has 0 spiro atoms. The maximum Gasteiger partial charge on any atom is 0.288 e. The summed E-state index contributed by atoms with van der Waals surface area (Å²) in [6, 6.07) is 6.15. The smallest absolute Gasteiger partial charge is 0.288 e. The molecule has 1 aliphatic rings. The van der Waals surface area contributed by atoms with E-state index in [1.54, 1.807) is 0 Å². The van der Waals surface area contributed by atoms with Crippen LogP contribution in [0.15, 0.2) is 53.5 Å². The summed E-state index contributed by atoms with van der Waals surface area (Å²) < 4.78 is 56.3. The van der Waals surface area contributed by atoms with Gasteiger partial charge in [0.2, 0.25) is 5.78 Å². The van der Waals surface area contributed by atoms with Gasteiger partial charge >= 0.3 is 0 Å². The molecule has 2 aromatic carbocycles. The van der Waals surface area contributed by atoms with Crippen LogP contribution in [-0.2, 0) is 22.6 Å². The predicted octanol–water partition coefficient (Wildman–Crippen LogP) is 3.22. The molecule has 39 heavy (non-hydrogen) atoms. The molecule has 4 rings (SSSR count). The normalized spacial score (nSPS) is 16.7. The van der Waals surface area contributed by atoms with E-state index in [-0.39, 0.29) is 23.1 Å². The summed E-state index contributed by atoms with van der Waals surface area (Å²) in [5.41, 5.74) is -1.24. The molecule has 11 heteroatoms. The molecule has 0 bridgehead atoms. The van der Waals surface area contributed by atoms with Gasteiger partial charge in [-0.05, 0) is 48.6 Å². The summed E-state index contributed by atoms with van der Waals surface area (Å²) in [6.45, 7) is -0.418. The lowest BCUT2D eigenvalue weighted by atomic mass is 10.0. The topological polar surface area (TPSA) is 105 Å². The lowest BCUT2D eigenvalue weighted by molar-refractivity contribution is -0.138. The van der Waals surface area contributed by atoms with Crippen molar-refractivity contribution in [2.45, 2.75) is 50.8 Å². The molecule has 1 heterocycles. The molecular formula is C28H24F4N2O5. The maximum atomic E-state index is 14.3. The number of halogens is 4. The lowest BCUT2D eigenvalue weighted by Crippen LogP contribution is -2.43. The first kappa shape index (κ1) is 27.9. The van der Waals surface area contributed by atoms with Crippen molar-refractivity contribution < 1.29 is 37.1 Å². The zero-order valence-electron chi connectivity index (χ0n) is 20.6. The number of hydrogen-bond acceptors (Lipinski definition) is 5. The number of carbonyl (C=O) groups is 3. The van der Waals surface area contributed by atoms with Crippen LogP contribution in [-0.4, -0.2) is 39.3 Å². The fraction of sp³-hybridized carbons (Fsp3) is 0.286. The van der Waals surface area contributed by atoms with Crippen molar-refractivity contribution >= 4 is 17.5 Å². The number of nitrogens with zero attached hydrogens (tertiary/aromatic N) is 1. The van der Waals surface area contributed by atoms with Gasteiger partial charge in [0.05, 0.1) is 30.7 Å². The van der Waals surface area contributed by atoms with Gasteiger partial charge in [-0.25, -0.2) is 17.6 Å². The van der Waals surface area contributed by atoms with Crippen LogP contribution in [0.3, 0.4) is 0 Å². The van der Waals surface area contributed by atoms with Crippen molar-refractivity contribution in [1.29, 1.82) is 0 Å². The van der Waals surface area contributed by atoms with Gasteiger partial charge in [0.25, 0.3) is 11.5 Å². The molecule has 1 aromatic heterocycles. The van der Waals surface area contributed by atoms with Crippen molar-refractivity contribution in [3.8, 4) is 0 Å². The van der Waals surface area contributed by atoms with E-state index < -0.39 is 77.0 Å². The second kappa shape index (κ2) is 11.7. The van der Waals surface area contributed by atoms with Crippen LogP contribution in [0, 0.1) is 23.3 Å². The van der Waals surface area contributed by atoms with E-state index in [0.29, 0.717) is 31.4 Å². The molecule has 0 unspecified atom stereocenters. The van der Waals surface area contributed by atoms with Gasteiger partial charge in [-0.2, -0.15) is 0 Å². The van der Waals surface area contributed by atoms with Crippen LogP contribution in [0.5, 0.6) is 0 Å². The molecular weight excluding hydrogens is 520 g/mol. The third-order valence-corrected chi connectivity index (χ3v) is 6.58. The maximum absolute atomic E-state index is 14.3. The van der Waals surface area contributed by atoms with Crippen molar-refractivity contribution in [3.63, 3.8) is 0 Å². The number of aromatic nitrogens is 1. The number of nitrogens with one attached hydrogen (secondary N) is 1. The monoisotopic (exact) mass is 544 g/mol. The molecule has 1 amide bonds. The van der Waals surface area contributed by atoms with Gasteiger partial charge in [0.1, 0.15) is 23.3 Å². The molecule has 0 aliphatic heterocycles. The molecule has 7 nitrogen and oxygen atoms in total. The predicted molar refractivity (Wildman–Crippen MR) is 131 cm³/mol. The Morgan fingerprint density at radius 1 is 0.923 bits per heavy atom. The largest absolute Gasteiger partial charge is 0.391 e. The number of amides is 1. The molecule has 2 atom stereocenters. The van der Waals surface area contributed by atoms with E-state index in [1.165, 1.54) is 12.3 Å². The summed E-state index contributed by atoms with van der Waals surface area (Å²) >= 11 is 0. The Morgan fingerprint density at radius 3 is 2.15 bits per heavy atom. The highest BCUT2D eigenvalue weighted by atomic mass is 19.1. The Labute approximate surface area is 220 Å². The molecule has 2 N–H and O–H groups in total. The van der Waals surface area contributed by atoms with Crippen LogP contribution < -0.4 is 10.9 Å². The highest BCUT2D eigenvalue weighted by molar-refractivity contribution is 6.40. The van der Waals surface area contributed by atoms with E-state index in [0.717, 1.165) is 28.8 Å². The van der Waals surface area contributed by atoms with Crippen molar-refractivity contribution in [2.24, 2.45) is 0 Å². The average Bonchev–Trinajstić information content (AvgIpc) is 3.28. The summed E-state index contributed by atoms with van der Waals surface area (Å²) in [4.78, 5) is 50.9. The summed E-state index contributed by atoms with van der Waals surface area (Å²) in [5, 5.41) is 12.2. The molecule has 204 valence electrons. The number of carbonyl (C=O) groups excluding carboxylic acids is 3. The van der Waals surface area contributed by atoms with Gasteiger partial charge in [-0.1, -0.05) is 12.1 Å².